The molecule has 0 amide bonds. The van der Waals surface area contributed by atoms with Crippen molar-refractivity contribution in [2.75, 3.05) is 26.4 Å². The molecule has 0 aliphatic carbocycles. The lowest BCUT2D eigenvalue weighted by atomic mass is 9.99. The summed E-state index contributed by atoms with van der Waals surface area (Å²) in [7, 11) is 0. The van der Waals surface area contributed by atoms with Crippen LogP contribution in [0.15, 0.2) is 156 Å². The first-order valence-corrected chi connectivity index (χ1v) is 33.6. The van der Waals surface area contributed by atoms with Crippen LogP contribution in [0.5, 0.6) is 57.5 Å². The van der Waals surface area contributed by atoms with Crippen molar-refractivity contribution in [1.29, 1.82) is 0 Å². The number of hydrogen-bond donors (Lipinski definition) is 18. The summed E-state index contributed by atoms with van der Waals surface area (Å²) in [4.78, 5) is 51.7. The van der Waals surface area contributed by atoms with E-state index in [1.165, 1.54) is 121 Å². The van der Waals surface area contributed by atoms with Crippen LogP contribution in [0.1, 0.15) is 22.3 Å². The number of carbonyl (C=O) groups excluding carboxylic acids is 4. The molecule has 18 N–H and O–H groups in total. The third kappa shape index (κ3) is 19.7. The fraction of sp³-hybridized carbons (Fsp3) is 0.320. The van der Waals surface area contributed by atoms with E-state index in [1.54, 1.807) is 0 Å². The van der Waals surface area contributed by atoms with E-state index in [0.29, 0.717) is 22.3 Å². The molecule has 6 aromatic carbocycles. The molecule has 1 aromatic heterocycles. The van der Waals surface area contributed by atoms with Crippen molar-refractivity contribution in [3.63, 3.8) is 0 Å². The van der Waals surface area contributed by atoms with Crippen molar-refractivity contribution >= 4 is 59.2 Å². The smallest absolute Gasteiger partial charge is 0.402 e. The van der Waals surface area contributed by atoms with Gasteiger partial charge in [-0.1, -0.05) is 48.5 Å². The average molecular weight is 1540 g/mol. The maximum atomic E-state index is 13.0. The zero-order valence-corrected chi connectivity index (χ0v) is 57.1. The SMILES string of the molecule is O=C(/C=C/c1ccc(O)cc1)OCC1O[C@@H](Oc2cc3c(O)cc(O[C@@H]4OC(COC(=O)/C=C/c5ccc(O)cc5)[C@@H](O)[C@H](O)C4O)cc3[o+]c2-c2cc(O[C@@H]3O[C@H](COC(=O)/C=C/c4ccc(O)cc4)[C@@H](O)C(O)C3O)c(O)c(O[C@@H]3O[C@H](COC(=O)/C=C/c4ccc(O)cc4)[C@@H](O)C(O)C3O)c2)C(O)C(O)[C@@H]1O. The van der Waals surface area contributed by atoms with E-state index in [2.05, 4.69) is 0 Å². The summed E-state index contributed by atoms with van der Waals surface area (Å²) in [5.41, 5.74) is 0.910. The molecule has 5 heterocycles. The minimum Gasteiger partial charge on any atom is -0.508 e. The van der Waals surface area contributed by atoms with Crippen molar-refractivity contribution in [2.24, 2.45) is 0 Å². The highest BCUT2D eigenvalue weighted by Gasteiger charge is 2.51. The zero-order chi connectivity index (χ0) is 78.8. The number of carbonyl (C=O) groups is 4. The number of aliphatic hydroxyl groups excluding tert-OH is 12. The van der Waals surface area contributed by atoms with Crippen LogP contribution in [0, 0.1) is 0 Å². The molecule has 4 fully saturated rings. The number of aliphatic hydroxyl groups is 12. The lowest BCUT2D eigenvalue weighted by molar-refractivity contribution is -0.279. The topological polar surface area (TPSA) is 554 Å². The van der Waals surface area contributed by atoms with Crippen molar-refractivity contribution in [3.8, 4) is 68.8 Å². The molecule has 4 aliphatic rings. The lowest BCUT2D eigenvalue weighted by Crippen LogP contribution is -2.60. The molecule has 0 bridgehead atoms. The standard InChI is InChI=1S/C75H74O35/c76-39-13-1-34(2-14-39)9-21-54(81)98-30-50-59(86)63(90)67(94)72(107-50)102-43-27-45(80)44-29-49(106-75-70(97)66(93)62(89)53(110-75)33-101-57(84)24-12-37-7-19-42(79)20-8-37)71(103-46(44)28-43)38-25-47(104-73-68(95)64(91)60(87)51(108-73)31-99-55(82)22-10-35-3-15-40(77)16-4-35)58(85)48(26-38)105-74-69(96)65(92)61(88)52(109-74)32-100-56(83)23-11-36-5-17-41(78)18-6-36/h1-29,50-53,59-70,72-75,86-97H,30-33H2,(H5-,76,77,78,79,80,81,82,83,84,85)/p+1/t50?,51-,52-,53?,59-,60-,61-,62-,63+,64?,65?,66?,67?,68?,69?,70?,72-,73-,74-,75-/m1/s1. The molecule has 0 saturated carbocycles. The van der Waals surface area contributed by atoms with Gasteiger partial charge in [0.25, 0.3) is 0 Å². The van der Waals surface area contributed by atoms with E-state index in [1.807, 2.05) is 0 Å². The summed E-state index contributed by atoms with van der Waals surface area (Å²) in [6.45, 7) is -3.25. The fourth-order valence-corrected chi connectivity index (χ4v) is 11.4. The number of ether oxygens (including phenoxy) is 12. The Hall–Kier alpha value is -11.1. The van der Waals surface area contributed by atoms with Crippen LogP contribution in [-0.4, -0.2) is 265 Å². The van der Waals surface area contributed by atoms with Gasteiger partial charge in [0.1, 0.15) is 164 Å². The Morgan fingerprint density at radius 3 is 0.918 bits per heavy atom. The second-order valence-electron chi connectivity index (χ2n) is 25.4. The van der Waals surface area contributed by atoms with Crippen LogP contribution >= 0.6 is 0 Å². The van der Waals surface area contributed by atoms with Gasteiger partial charge in [-0.15, -0.1) is 0 Å². The molecule has 4 saturated heterocycles. The van der Waals surface area contributed by atoms with Crippen LogP contribution in [-0.2, 0) is 57.1 Å². The Bertz CT molecular complexity index is 4350. The lowest BCUT2D eigenvalue weighted by Gasteiger charge is -2.40. The van der Waals surface area contributed by atoms with Crippen molar-refractivity contribution in [1.82, 2.24) is 0 Å². The van der Waals surface area contributed by atoms with Gasteiger partial charge in [-0.3, -0.25) is 0 Å². The zero-order valence-electron chi connectivity index (χ0n) is 57.1. The quantitative estimate of drug-likeness (QED) is 0.0159. The number of hydrogen-bond acceptors (Lipinski definition) is 34. The number of esters is 4. The molecule has 4 aliphatic heterocycles. The Morgan fingerprint density at radius 1 is 0.336 bits per heavy atom. The summed E-state index contributed by atoms with van der Waals surface area (Å²) < 4.78 is 75.4. The van der Waals surface area contributed by atoms with Crippen molar-refractivity contribution in [3.05, 3.63) is 174 Å². The van der Waals surface area contributed by atoms with Crippen LogP contribution in [0.3, 0.4) is 0 Å². The second-order valence-corrected chi connectivity index (χ2v) is 25.4. The highest BCUT2D eigenvalue weighted by molar-refractivity contribution is 5.90. The number of phenols is 6. The highest BCUT2D eigenvalue weighted by atomic mass is 16.7. The maximum Gasteiger partial charge on any atom is 0.402 e. The van der Waals surface area contributed by atoms with Crippen LogP contribution < -0.4 is 18.9 Å². The highest BCUT2D eigenvalue weighted by Crippen LogP contribution is 2.48. The molecule has 35 heteroatoms. The minimum absolute atomic E-state index is 0.0356. The van der Waals surface area contributed by atoms with E-state index in [-0.39, 0.29) is 28.4 Å². The molecular formula is C75H75O35+. The van der Waals surface area contributed by atoms with Crippen LogP contribution in [0.4, 0.5) is 0 Å². The minimum atomic E-state index is -2.26. The number of aromatic hydroxyl groups is 6. The summed E-state index contributed by atoms with van der Waals surface area (Å²) in [5.74, 6) is -9.66. The third-order valence-corrected chi connectivity index (χ3v) is 17.5. The van der Waals surface area contributed by atoms with Gasteiger partial charge < -0.3 is 149 Å². The van der Waals surface area contributed by atoms with Crippen molar-refractivity contribution < 1.29 is 172 Å². The Labute approximate surface area is 621 Å². The predicted octanol–water partition coefficient (Wildman–Crippen LogP) is 0.386. The Balaban J connectivity index is 0.957. The molecular weight excluding hydrogens is 1460 g/mol. The molecule has 9 unspecified atom stereocenters. The largest absolute Gasteiger partial charge is 0.508 e. The second kappa shape index (κ2) is 35.5. The average Bonchev–Trinajstić information content (AvgIpc) is 0.759. The van der Waals surface area contributed by atoms with Gasteiger partial charge in [-0.2, -0.15) is 0 Å². The summed E-state index contributed by atoms with van der Waals surface area (Å²) in [5, 5.41) is 198. The molecule has 584 valence electrons. The molecule has 110 heavy (non-hydrogen) atoms. The molecule has 0 spiro atoms. The normalized spacial score (nSPS) is 28.4. The number of rotatable bonds is 25. The van der Waals surface area contributed by atoms with Gasteiger partial charge in [0, 0.05) is 48.6 Å². The summed E-state index contributed by atoms with van der Waals surface area (Å²) >= 11 is 0. The number of benzene rings is 6. The molecule has 20 atom stereocenters. The first kappa shape index (κ1) is 80.0. The first-order chi connectivity index (χ1) is 52.5. The third-order valence-electron chi connectivity index (χ3n) is 17.5. The fourth-order valence-electron chi connectivity index (χ4n) is 11.4. The van der Waals surface area contributed by atoms with Crippen molar-refractivity contribution in [2.45, 2.75) is 123 Å². The predicted molar refractivity (Wildman–Crippen MR) is 371 cm³/mol. The summed E-state index contributed by atoms with van der Waals surface area (Å²) in [6, 6.07) is 27.4. The Morgan fingerprint density at radius 2 is 0.618 bits per heavy atom. The van der Waals surface area contributed by atoms with E-state index >= 15 is 0 Å². The molecule has 0 radical (unpaired) electrons. The first-order valence-electron chi connectivity index (χ1n) is 33.6. The molecule has 11 rings (SSSR count). The van der Waals surface area contributed by atoms with Gasteiger partial charge >= 0.3 is 35.2 Å². The monoisotopic (exact) mass is 1540 g/mol. The summed E-state index contributed by atoms with van der Waals surface area (Å²) in [6.07, 6.45) is -31.4. The molecule has 35 nitrogen and oxygen atoms in total. The van der Waals surface area contributed by atoms with E-state index in [0.717, 1.165) is 54.6 Å². The van der Waals surface area contributed by atoms with Crippen LogP contribution in [0.2, 0.25) is 0 Å². The molecule has 7 aromatic rings. The Kier molecular flexibility index (Phi) is 25.8. The van der Waals surface area contributed by atoms with E-state index in [9.17, 15) is 111 Å². The maximum absolute atomic E-state index is 13.0. The number of fused-ring (bicyclic) bond motifs is 1. The van der Waals surface area contributed by atoms with Gasteiger partial charge in [-0.25, -0.2) is 23.6 Å². The number of phenolic OH excluding ortho intramolecular Hbond substituents is 6. The van der Waals surface area contributed by atoms with Crippen LogP contribution in [0.25, 0.3) is 46.6 Å². The van der Waals surface area contributed by atoms with Gasteiger partial charge in [0.05, 0.1) is 11.6 Å². The van der Waals surface area contributed by atoms with E-state index in [4.69, 9.17) is 61.3 Å². The van der Waals surface area contributed by atoms with E-state index < -0.39 is 225 Å². The van der Waals surface area contributed by atoms with Gasteiger partial charge in [-0.05, 0) is 95.1 Å². The van der Waals surface area contributed by atoms with Gasteiger partial charge in [0.15, 0.2) is 11.5 Å². The van der Waals surface area contributed by atoms with Gasteiger partial charge in [0.2, 0.25) is 36.7 Å².